The minimum atomic E-state index is -0.691. The minimum absolute atomic E-state index is 0.0183. The van der Waals surface area contributed by atoms with Gasteiger partial charge in [0.05, 0.1) is 6.04 Å². The number of fused-ring (bicyclic) bond motifs is 1. The molecule has 0 saturated heterocycles. The highest BCUT2D eigenvalue weighted by Gasteiger charge is 2.28. The van der Waals surface area contributed by atoms with Gasteiger partial charge in [-0.05, 0) is 52.8 Å². The van der Waals surface area contributed by atoms with Gasteiger partial charge in [0.1, 0.15) is 0 Å². The van der Waals surface area contributed by atoms with Gasteiger partial charge in [0, 0.05) is 35.2 Å². The van der Waals surface area contributed by atoms with E-state index < -0.39 is 6.04 Å². The van der Waals surface area contributed by atoms with Gasteiger partial charge in [-0.3, -0.25) is 9.59 Å². The molecule has 2 aromatic carbocycles. The molecule has 5 nitrogen and oxygen atoms in total. The van der Waals surface area contributed by atoms with Crippen LogP contribution in [0.3, 0.4) is 0 Å². The summed E-state index contributed by atoms with van der Waals surface area (Å²) in [5.74, 6) is -0.147. The molecule has 1 atom stereocenters. The molecule has 0 aliphatic carbocycles. The van der Waals surface area contributed by atoms with Gasteiger partial charge in [-0.2, -0.15) is 0 Å². The summed E-state index contributed by atoms with van der Waals surface area (Å²) in [5, 5.41) is 4.00. The summed E-state index contributed by atoms with van der Waals surface area (Å²) in [6.45, 7) is 7.06. The molecule has 0 aromatic heterocycles. The summed E-state index contributed by atoms with van der Waals surface area (Å²) < 4.78 is 0. The van der Waals surface area contributed by atoms with E-state index in [-0.39, 0.29) is 17.2 Å². The Morgan fingerprint density at radius 2 is 1.80 bits per heavy atom. The molecular weight excluding hydrogens is 421 g/mol. The van der Waals surface area contributed by atoms with Crippen molar-refractivity contribution in [3.05, 3.63) is 63.1 Å². The van der Waals surface area contributed by atoms with Crippen LogP contribution in [0.15, 0.2) is 36.4 Å². The Hall–Kier alpha value is -2.08. The van der Waals surface area contributed by atoms with Crippen LogP contribution in [0.25, 0.3) is 0 Å². The molecule has 0 bridgehead atoms. The minimum Gasteiger partial charge on any atom is -0.333 e. The number of nitrogens with one attached hydrogen (secondary N) is 1. The largest absolute Gasteiger partial charge is 0.333 e. The number of amides is 2. The first-order valence-corrected chi connectivity index (χ1v) is 10.7. The number of hydrogen-bond donors (Lipinski definition) is 2. The number of nitrogens with two attached hydrogens (primary N) is 1. The van der Waals surface area contributed by atoms with Gasteiger partial charge in [0.2, 0.25) is 11.8 Å². The molecule has 1 aliphatic heterocycles. The SMILES string of the molecule is CC(C)(C)CC(=O)Nc1ccc2c(c1)CN(C(=O)[C@H](N)Cc1ccc(Cl)cc1Cl)C2. The molecule has 0 radical (unpaired) electrons. The smallest absolute Gasteiger partial charge is 0.240 e. The average Bonchev–Trinajstić information content (AvgIpc) is 3.05. The molecule has 3 rings (SSSR count). The third kappa shape index (κ3) is 5.75. The Kier molecular flexibility index (Phi) is 6.75. The van der Waals surface area contributed by atoms with Crippen molar-refractivity contribution in [2.75, 3.05) is 5.32 Å². The Labute approximate surface area is 187 Å². The average molecular weight is 448 g/mol. The first-order chi connectivity index (χ1) is 14.0. The maximum absolute atomic E-state index is 12.9. The van der Waals surface area contributed by atoms with E-state index in [0.29, 0.717) is 36.0 Å². The first-order valence-electron chi connectivity index (χ1n) is 9.92. The lowest BCUT2D eigenvalue weighted by atomic mass is 9.92. The van der Waals surface area contributed by atoms with E-state index in [0.717, 1.165) is 22.4 Å². The van der Waals surface area contributed by atoms with Crippen molar-refractivity contribution in [1.82, 2.24) is 4.90 Å². The van der Waals surface area contributed by atoms with Crippen molar-refractivity contribution in [2.45, 2.75) is 52.7 Å². The van der Waals surface area contributed by atoms with Crippen molar-refractivity contribution in [1.29, 1.82) is 0 Å². The third-order valence-electron chi connectivity index (χ3n) is 4.99. The van der Waals surface area contributed by atoms with Gasteiger partial charge < -0.3 is 16.0 Å². The Balaban J connectivity index is 1.63. The molecule has 1 aliphatic rings. The van der Waals surface area contributed by atoms with E-state index in [4.69, 9.17) is 28.9 Å². The fourth-order valence-electron chi connectivity index (χ4n) is 3.56. The van der Waals surface area contributed by atoms with Gasteiger partial charge in [-0.15, -0.1) is 0 Å². The highest BCUT2D eigenvalue weighted by molar-refractivity contribution is 6.35. The number of carbonyl (C=O) groups excluding carboxylic acids is 2. The molecule has 3 N–H and O–H groups in total. The van der Waals surface area contributed by atoms with Crippen LogP contribution in [-0.2, 0) is 29.1 Å². The predicted octanol–water partition coefficient (Wildman–Crippen LogP) is 4.78. The number of anilines is 1. The third-order valence-corrected chi connectivity index (χ3v) is 5.57. The van der Waals surface area contributed by atoms with Crippen molar-refractivity contribution < 1.29 is 9.59 Å². The van der Waals surface area contributed by atoms with E-state index in [1.165, 1.54) is 0 Å². The monoisotopic (exact) mass is 447 g/mol. The van der Waals surface area contributed by atoms with Crippen molar-refractivity contribution in [3.63, 3.8) is 0 Å². The lowest BCUT2D eigenvalue weighted by molar-refractivity contribution is -0.133. The maximum Gasteiger partial charge on any atom is 0.240 e. The van der Waals surface area contributed by atoms with Crippen molar-refractivity contribution in [2.24, 2.45) is 11.1 Å². The number of halogens is 2. The lowest BCUT2D eigenvalue weighted by Crippen LogP contribution is -2.42. The molecule has 7 heteroatoms. The highest BCUT2D eigenvalue weighted by atomic mass is 35.5. The van der Waals surface area contributed by atoms with Gasteiger partial charge >= 0.3 is 0 Å². The van der Waals surface area contributed by atoms with E-state index in [2.05, 4.69) is 5.32 Å². The number of carbonyl (C=O) groups is 2. The fraction of sp³-hybridized carbons (Fsp3) is 0.391. The van der Waals surface area contributed by atoms with Crippen LogP contribution in [0.2, 0.25) is 10.0 Å². The summed E-state index contributed by atoms with van der Waals surface area (Å²) in [4.78, 5) is 26.8. The molecule has 0 fully saturated rings. The second-order valence-corrected chi connectivity index (χ2v) is 9.85. The Morgan fingerprint density at radius 1 is 1.10 bits per heavy atom. The molecule has 2 amide bonds. The molecule has 160 valence electrons. The van der Waals surface area contributed by atoms with Crippen LogP contribution in [0.1, 0.15) is 43.9 Å². The molecule has 0 spiro atoms. The van der Waals surface area contributed by atoms with Crippen LogP contribution in [0.5, 0.6) is 0 Å². The van der Waals surface area contributed by atoms with E-state index in [1.807, 2.05) is 39.0 Å². The molecule has 0 unspecified atom stereocenters. The summed E-state index contributed by atoms with van der Waals surface area (Å²) in [6, 6.07) is 10.3. The van der Waals surface area contributed by atoms with Crippen LogP contribution >= 0.6 is 23.2 Å². The molecule has 30 heavy (non-hydrogen) atoms. The highest BCUT2D eigenvalue weighted by Crippen LogP contribution is 2.28. The summed E-state index contributed by atoms with van der Waals surface area (Å²) in [5.41, 5.74) is 9.73. The van der Waals surface area contributed by atoms with E-state index >= 15 is 0 Å². The topological polar surface area (TPSA) is 75.4 Å². The van der Waals surface area contributed by atoms with E-state index in [1.54, 1.807) is 23.1 Å². The predicted molar refractivity (Wildman–Crippen MR) is 122 cm³/mol. The molecule has 2 aromatic rings. The number of rotatable bonds is 5. The Morgan fingerprint density at radius 3 is 2.47 bits per heavy atom. The standard InChI is InChI=1S/C23H27Cl2N3O2/c1-23(2,3)11-21(29)27-18-7-5-15-12-28(13-16(15)8-18)22(30)20(26)9-14-4-6-17(24)10-19(14)25/h4-8,10,20H,9,11-13,26H2,1-3H3,(H,27,29)/t20-/m1/s1. The van der Waals surface area contributed by atoms with Gasteiger partial charge in [-0.25, -0.2) is 0 Å². The normalized spacial score (nSPS) is 14.4. The molecule has 1 heterocycles. The summed E-state index contributed by atoms with van der Waals surface area (Å²) >= 11 is 12.1. The van der Waals surface area contributed by atoms with Crippen LogP contribution in [0, 0.1) is 5.41 Å². The molecular formula is C23H27Cl2N3O2. The molecule has 0 saturated carbocycles. The number of hydrogen-bond acceptors (Lipinski definition) is 3. The zero-order valence-electron chi connectivity index (χ0n) is 17.5. The first kappa shape index (κ1) is 22.6. The second-order valence-electron chi connectivity index (χ2n) is 9.01. The zero-order valence-corrected chi connectivity index (χ0v) is 19.0. The quantitative estimate of drug-likeness (QED) is 0.691. The van der Waals surface area contributed by atoms with Crippen molar-refractivity contribution >= 4 is 40.7 Å². The van der Waals surface area contributed by atoms with Gasteiger partial charge in [0.15, 0.2) is 0 Å². The number of nitrogens with zero attached hydrogens (tertiary/aromatic N) is 1. The summed E-state index contributed by atoms with van der Waals surface area (Å²) in [7, 11) is 0. The second kappa shape index (κ2) is 8.96. The zero-order chi connectivity index (χ0) is 22.1. The van der Waals surface area contributed by atoms with Crippen LogP contribution in [-0.4, -0.2) is 22.8 Å². The Bertz CT molecular complexity index is 969. The number of benzene rings is 2. The van der Waals surface area contributed by atoms with Crippen LogP contribution < -0.4 is 11.1 Å². The van der Waals surface area contributed by atoms with Gasteiger partial charge in [-0.1, -0.05) is 56.1 Å². The van der Waals surface area contributed by atoms with E-state index in [9.17, 15) is 9.59 Å². The summed E-state index contributed by atoms with van der Waals surface area (Å²) in [6.07, 6.45) is 0.784. The lowest BCUT2D eigenvalue weighted by Gasteiger charge is -2.20. The maximum atomic E-state index is 12.9. The van der Waals surface area contributed by atoms with Crippen molar-refractivity contribution in [3.8, 4) is 0 Å². The van der Waals surface area contributed by atoms with Gasteiger partial charge in [0.25, 0.3) is 0 Å². The fourth-order valence-corrected chi connectivity index (χ4v) is 4.05. The van der Waals surface area contributed by atoms with Crippen LogP contribution in [0.4, 0.5) is 5.69 Å².